The van der Waals surface area contributed by atoms with Crippen LogP contribution in [-0.2, 0) is 6.54 Å². The highest BCUT2D eigenvalue weighted by Crippen LogP contribution is 2.21. The van der Waals surface area contributed by atoms with E-state index in [-0.39, 0.29) is 22.6 Å². The third-order valence-electron chi connectivity index (χ3n) is 2.00. The van der Waals surface area contributed by atoms with Crippen LogP contribution >= 0.6 is 31.9 Å². The highest BCUT2D eigenvalue weighted by atomic mass is 79.9. The zero-order valence-electron chi connectivity index (χ0n) is 8.16. The maximum atomic E-state index is 13.5. The molecule has 0 aromatic heterocycles. The van der Waals surface area contributed by atoms with Gasteiger partial charge < -0.3 is 5.32 Å². The zero-order chi connectivity index (χ0) is 11.4. The summed E-state index contributed by atoms with van der Waals surface area (Å²) in [4.78, 5) is 0. The molecule has 0 saturated heterocycles. The van der Waals surface area contributed by atoms with E-state index in [1.807, 2.05) is 6.92 Å². The van der Waals surface area contributed by atoms with Crippen LogP contribution in [0, 0.1) is 11.6 Å². The second-order valence-corrected chi connectivity index (χ2v) is 4.76. The summed E-state index contributed by atoms with van der Waals surface area (Å²) < 4.78 is 27.0. The minimum absolute atomic E-state index is 0.0668. The fourth-order valence-corrected chi connectivity index (χ4v) is 1.66. The summed E-state index contributed by atoms with van der Waals surface area (Å²) >= 11 is 6.31. The van der Waals surface area contributed by atoms with Crippen LogP contribution in [0.1, 0.15) is 12.5 Å². The largest absolute Gasteiger partial charge is 0.309 e. The van der Waals surface area contributed by atoms with Gasteiger partial charge in [-0.3, -0.25) is 0 Å². The van der Waals surface area contributed by atoms with Crippen molar-refractivity contribution in [2.24, 2.45) is 0 Å². The molecule has 1 aromatic rings. The monoisotopic (exact) mass is 341 g/mol. The van der Waals surface area contributed by atoms with Crippen molar-refractivity contribution in [2.75, 3.05) is 5.33 Å². The molecule has 5 heteroatoms. The fourth-order valence-electron chi connectivity index (χ4n) is 1.06. The standard InChI is InChI=1S/C10H11Br2F2N/c1-6(4-11)15-5-7-9(13)3-2-8(12)10(7)14/h2-3,6,15H,4-5H2,1H3. The molecular weight excluding hydrogens is 332 g/mol. The molecule has 0 spiro atoms. The molecular formula is C10H11Br2F2N. The molecule has 1 atom stereocenters. The first-order valence-electron chi connectivity index (χ1n) is 4.48. The molecule has 0 aliphatic rings. The van der Waals surface area contributed by atoms with Gasteiger partial charge in [-0.15, -0.1) is 0 Å². The highest BCUT2D eigenvalue weighted by molar-refractivity contribution is 9.10. The lowest BCUT2D eigenvalue weighted by Gasteiger charge is -2.12. The van der Waals surface area contributed by atoms with Crippen LogP contribution in [0.25, 0.3) is 0 Å². The summed E-state index contributed by atoms with van der Waals surface area (Å²) in [6.07, 6.45) is 0. The van der Waals surface area contributed by atoms with Gasteiger partial charge in [0, 0.05) is 23.5 Å². The highest BCUT2D eigenvalue weighted by Gasteiger charge is 2.12. The van der Waals surface area contributed by atoms with Crippen LogP contribution in [0.5, 0.6) is 0 Å². The van der Waals surface area contributed by atoms with E-state index < -0.39 is 11.6 Å². The molecule has 0 bridgehead atoms. The van der Waals surface area contributed by atoms with Crippen molar-refractivity contribution in [1.29, 1.82) is 0 Å². The van der Waals surface area contributed by atoms with E-state index in [1.54, 1.807) is 0 Å². The number of nitrogens with one attached hydrogen (secondary N) is 1. The molecule has 1 nitrogen and oxygen atoms in total. The second-order valence-electron chi connectivity index (χ2n) is 3.26. The Kier molecular flexibility index (Phi) is 5.15. The average Bonchev–Trinajstić information content (AvgIpc) is 2.23. The third kappa shape index (κ3) is 3.50. The summed E-state index contributed by atoms with van der Waals surface area (Å²) in [5.41, 5.74) is 0.0668. The topological polar surface area (TPSA) is 12.0 Å². The summed E-state index contributed by atoms with van der Waals surface area (Å²) in [5, 5.41) is 3.75. The maximum absolute atomic E-state index is 13.5. The molecule has 1 aromatic carbocycles. The Balaban J connectivity index is 2.80. The number of hydrogen-bond acceptors (Lipinski definition) is 1. The first-order valence-corrected chi connectivity index (χ1v) is 6.39. The molecule has 0 fully saturated rings. The lowest BCUT2D eigenvalue weighted by Crippen LogP contribution is -2.27. The van der Waals surface area contributed by atoms with Gasteiger partial charge in [0.1, 0.15) is 11.6 Å². The van der Waals surface area contributed by atoms with E-state index in [0.717, 1.165) is 5.33 Å². The predicted molar refractivity (Wildman–Crippen MR) is 64.2 cm³/mol. The van der Waals surface area contributed by atoms with Gasteiger partial charge in [-0.05, 0) is 35.0 Å². The first kappa shape index (κ1) is 13.1. The maximum Gasteiger partial charge on any atom is 0.144 e. The molecule has 1 N–H and O–H groups in total. The van der Waals surface area contributed by atoms with E-state index in [1.165, 1.54) is 12.1 Å². The van der Waals surface area contributed by atoms with Gasteiger partial charge in [0.2, 0.25) is 0 Å². The molecule has 0 amide bonds. The lowest BCUT2D eigenvalue weighted by atomic mass is 10.2. The van der Waals surface area contributed by atoms with Crippen molar-refractivity contribution >= 4 is 31.9 Å². The number of benzene rings is 1. The normalized spacial score (nSPS) is 12.9. The van der Waals surface area contributed by atoms with Crippen LogP contribution in [0.4, 0.5) is 8.78 Å². The Morgan fingerprint density at radius 1 is 1.40 bits per heavy atom. The number of hydrogen-bond donors (Lipinski definition) is 1. The zero-order valence-corrected chi connectivity index (χ0v) is 11.3. The van der Waals surface area contributed by atoms with Gasteiger partial charge in [-0.25, -0.2) is 8.78 Å². The van der Waals surface area contributed by atoms with Gasteiger partial charge in [0.05, 0.1) is 4.47 Å². The Morgan fingerprint density at radius 3 is 2.67 bits per heavy atom. The van der Waals surface area contributed by atoms with E-state index in [0.29, 0.717) is 0 Å². The van der Waals surface area contributed by atoms with Crippen LogP contribution in [0.2, 0.25) is 0 Å². The predicted octanol–water partition coefficient (Wildman–Crippen LogP) is 3.60. The fraction of sp³-hybridized carbons (Fsp3) is 0.400. The van der Waals surface area contributed by atoms with Crippen molar-refractivity contribution in [2.45, 2.75) is 19.5 Å². The van der Waals surface area contributed by atoms with E-state index in [9.17, 15) is 8.78 Å². The van der Waals surface area contributed by atoms with E-state index in [4.69, 9.17) is 0 Å². The minimum atomic E-state index is -0.538. The molecule has 0 aliphatic carbocycles. The Hall–Kier alpha value is -0.0000000000000000555. The van der Waals surface area contributed by atoms with Crippen molar-refractivity contribution in [3.05, 3.63) is 33.8 Å². The van der Waals surface area contributed by atoms with Crippen LogP contribution in [0.15, 0.2) is 16.6 Å². The average molecular weight is 343 g/mol. The Bertz CT molecular complexity index is 344. The van der Waals surface area contributed by atoms with Gasteiger partial charge in [0.15, 0.2) is 0 Å². The quantitative estimate of drug-likeness (QED) is 0.651. The summed E-state index contributed by atoms with van der Waals surface area (Å²) in [6.45, 7) is 2.12. The molecule has 1 rings (SSSR count). The molecule has 84 valence electrons. The summed E-state index contributed by atoms with van der Waals surface area (Å²) in [7, 11) is 0. The minimum Gasteiger partial charge on any atom is -0.309 e. The van der Waals surface area contributed by atoms with Gasteiger partial charge in [-0.1, -0.05) is 15.9 Å². The Morgan fingerprint density at radius 2 is 2.07 bits per heavy atom. The molecule has 0 aliphatic heterocycles. The van der Waals surface area contributed by atoms with Crippen molar-refractivity contribution in [1.82, 2.24) is 5.32 Å². The van der Waals surface area contributed by atoms with Crippen LogP contribution < -0.4 is 5.32 Å². The number of alkyl halides is 1. The smallest absolute Gasteiger partial charge is 0.144 e. The third-order valence-corrected chi connectivity index (χ3v) is 3.58. The molecule has 0 heterocycles. The van der Waals surface area contributed by atoms with Gasteiger partial charge in [-0.2, -0.15) is 0 Å². The van der Waals surface area contributed by atoms with E-state index in [2.05, 4.69) is 37.2 Å². The molecule has 0 radical (unpaired) electrons. The van der Waals surface area contributed by atoms with Crippen molar-refractivity contribution in [3.8, 4) is 0 Å². The van der Waals surface area contributed by atoms with Crippen molar-refractivity contribution < 1.29 is 8.78 Å². The van der Waals surface area contributed by atoms with Gasteiger partial charge in [0.25, 0.3) is 0 Å². The second kappa shape index (κ2) is 5.92. The number of rotatable bonds is 4. The van der Waals surface area contributed by atoms with Crippen molar-refractivity contribution in [3.63, 3.8) is 0 Å². The Labute approximate surface area is 105 Å². The SMILES string of the molecule is CC(CBr)NCc1c(F)ccc(Br)c1F. The first-order chi connectivity index (χ1) is 7.06. The summed E-state index contributed by atoms with van der Waals surface area (Å²) in [6, 6.07) is 2.79. The molecule has 1 unspecified atom stereocenters. The van der Waals surface area contributed by atoms with Crippen LogP contribution in [0.3, 0.4) is 0 Å². The van der Waals surface area contributed by atoms with E-state index >= 15 is 0 Å². The molecule has 15 heavy (non-hydrogen) atoms. The molecule has 0 saturated carbocycles. The number of halogens is 4. The summed E-state index contributed by atoms with van der Waals surface area (Å²) in [5.74, 6) is -1.06. The van der Waals surface area contributed by atoms with Crippen LogP contribution in [-0.4, -0.2) is 11.4 Å². The van der Waals surface area contributed by atoms with Gasteiger partial charge >= 0.3 is 0 Å². The lowest BCUT2D eigenvalue weighted by molar-refractivity contribution is 0.515.